The highest BCUT2D eigenvalue weighted by Gasteiger charge is 2.16. The molecule has 0 aliphatic heterocycles. The Labute approximate surface area is 154 Å². The number of pyridine rings is 1. The molecular weight excluding hydrogens is 361 g/mol. The van der Waals surface area contributed by atoms with Crippen LogP contribution in [0.25, 0.3) is 0 Å². The van der Waals surface area contributed by atoms with Crippen LogP contribution in [-0.2, 0) is 13.1 Å². The second-order valence-corrected chi connectivity index (χ2v) is 6.16. The van der Waals surface area contributed by atoms with Crippen LogP contribution in [0.1, 0.15) is 11.3 Å². The van der Waals surface area contributed by atoms with Gasteiger partial charge in [0, 0.05) is 18.9 Å². The van der Waals surface area contributed by atoms with E-state index in [0.717, 1.165) is 11.3 Å². The minimum Gasteiger partial charge on any atom is -0.314 e. The Bertz CT molecular complexity index is 840. The second-order valence-electron chi connectivity index (χ2n) is 5.34. The molecule has 128 valence electrons. The second kappa shape index (κ2) is 8.00. The van der Waals surface area contributed by atoms with E-state index in [0.29, 0.717) is 28.8 Å². The molecule has 2 aromatic heterocycles. The summed E-state index contributed by atoms with van der Waals surface area (Å²) in [5.74, 6) is 0. The van der Waals surface area contributed by atoms with E-state index in [9.17, 15) is 4.79 Å². The predicted octanol–water partition coefficient (Wildman–Crippen LogP) is 4.35. The lowest BCUT2D eigenvalue weighted by molar-refractivity contribution is 0.205. The fourth-order valence-electron chi connectivity index (χ4n) is 2.27. The van der Waals surface area contributed by atoms with Crippen molar-refractivity contribution in [2.75, 3.05) is 5.32 Å². The number of rotatable bonds is 5. The molecule has 0 bridgehead atoms. The molecule has 0 saturated heterocycles. The van der Waals surface area contributed by atoms with Crippen LogP contribution in [0.15, 0.2) is 55.0 Å². The van der Waals surface area contributed by atoms with Crippen LogP contribution in [0.5, 0.6) is 0 Å². The van der Waals surface area contributed by atoms with E-state index < -0.39 is 0 Å². The highest BCUT2D eigenvalue weighted by molar-refractivity contribution is 6.42. The molecule has 3 aromatic rings. The van der Waals surface area contributed by atoms with Crippen LogP contribution >= 0.6 is 23.2 Å². The Morgan fingerprint density at radius 2 is 2.04 bits per heavy atom. The molecule has 2 heterocycles. The molecule has 2 amide bonds. The third-order valence-electron chi connectivity index (χ3n) is 3.47. The van der Waals surface area contributed by atoms with Crippen molar-refractivity contribution < 1.29 is 4.79 Å². The number of benzene rings is 1. The van der Waals surface area contributed by atoms with Crippen LogP contribution in [-0.4, -0.2) is 26.1 Å². The lowest BCUT2D eigenvalue weighted by atomic mass is 10.2. The number of hydrogen-bond donors (Lipinski definition) is 2. The Hall–Kier alpha value is -2.57. The number of nitrogens with zero attached hydrogens (tertiary/aromatic N) is 3. The Morgan fingerprint density at radius 3 is 2.72 bits per heavy atom. The molecule has 0 unspecified atom stereocenters. The summed E-state index contributed by atoms with van der Waals surface area (Å²) in [5.41, 5.74) is 2.24. The lowest BCUT2D eigenvalue weighted by Gasteiger charge is -2.23. The van der Waals surface area contributed by atoms with E-state index in [1.54, 1.807) is 29.4 Å². The van der Waals surface area contributed by atoms with Crippen molar-refractivity contribution in [3.8, 4) is 0 Å². The zero-order valence-electron chi connectivity index (χ0n) is 13.1. The maximum absolute atomic E-state index is 12.7. The van der Waals surface area contributed by atoms with Gasteiger partial charge in [-0.2, -0.15) is 5.10 Å². The van der Waals surface area contributed by atoms with E-state index in [-0.39, 0.29) is 6.03 Å². The van der Waals surface area contributed by atoms with Gasteiger partial charge in [0.05, 0.1) is 34.2 Å². The number of urea groups is 1. The Balaban J connectivity index is 1.79. The highest BCUT2D eigenvalue weighted by Crippen LogP contribution is 2.23. The molecule has 3 rings (SSSR count). The summed E-state index contributed by atoms with van der Waals surface area (Å²) in [5, 5.41) is 10.2. The third kappa shape index (κ3) is 4.71. The fourth-order valence-corrected chi connectivity index (χ4v) is 2.59. The molecule has 8 heteroatoms. The van der Waals surface area contributed by atoms with E-state index in [2.05, 4.69) is 20.5 Å². The van der Waals surface area contributed by atoms with Gasteiger partial charge in [0.25, 0.3) is 0 Å². The first kappa shape index (κ1) is 17.3. The predicted molar refractivity (Wildman–Crippen MR) is 97.6 cm³/mol. The van der Waals surface area contributed by atoms with E-state index in [1.165, 1.54) is 6.20 Å². The normalized spacial score (nSPS) is 10.5. The molecule has 25 heavy (non-hydrogen) atoms. The van der Waals surface area contributed by atoms with Crippen LogP contribution < -0.4 is 5.32 Å². The molecule has 0 fully saturated rings. The maximum Gasteiger partial charge on any atom is 0.322 e. The largest absolute Gasteiger partial charge is 0.322 e. The number of H-pyrrole nitrogens is 1. The van der Waals surface area contributed by atoms with E-state index >= 15 is 0 Å². The van der Waals surface area contributed by atoms with Crippen molar-refractivity contribution in [2.45, 2.75) is 13.1 Å². The SMILES string of the molecule is O=C(Nc1cn[nH]c1)N(Cc1ccc(Cl)c(Cl)c1)Cc1ccccn1. The van der Waals surface area contributed by atoms with Crippen molar-refractivity contribution >= 4 is 34.9 Å². The first-order chi connectivity index (χ1) is 12.1. The summed E-state index contributed by atoms with van der Waals surface area (Å²) in [7, 11) is 0. The van der Waals surface area contributed by atoms with Crippen LogP contribution in [0.2, 0.25) is 10.0 Å². The number of aromatic nitrogens is 3. The number of nitrogens with one attached hydrogen (secondary N) is 2. The minimum atomic E-state index is -0.266. The third-order valence-corrected chi connectivity index (χ3v) is 4.21. The smallest absolute Gasteiger partial charge is 0.314 e. The number of amides is 2. The minimum absolute atomic E-state index is 0.266. The summed E-state index contributed by atoms with van der Waals surface area (Å²) in [6.07, 6.45) is 4.84. The van der Waals surface area contributed by atoms with Crippen molar-refractivity contribution in [2.24, 2.45) is 0 Å². The fraction of sp³-hybridized carbons (Fsp3) is 0.118. The number of hydrogen-bond acceptors (Lipinski definition) is 3. The zero-order valence-corrected chi connectivity index (χ0v) is 14.6. The molecule has 0 atom stereocenters. The molecular formula is C17H15Cl2N5O. The molecule has 2 N–H and O–H groups in total. The Kier molecular flexibility index (Phi) is 5.53. The zero-order chi connectivity index (χ0) is 17.6. The van der Waals surface area contributed by atoms with Crippen molar-refractivity contribution in [1.82, 2.24) is 20.1 Å². The van der Waals surface area contributed by atoms with E-state index in [4.69, 9.17) is 23.2 Å². The monoisotopic (exact) mass is 375 g/mol. The number of anilines is 1. The summed E-state index contributed by atoms with van der Waals surface area (Å²) in [6.45, 7) is 0.710. The summed E-state index contributed by atoms with van der Waals surface area (Å²) < 4.78 is 0. The van der Waals surface area contributed by atoms with Gasteiger partial charge in [-0.05, 0) is 29.8 Å². The molecule has 0 aliphatic rings. The number of aromatic amines is 1. The quantitative estimate of drug-likeness (QED) is 0.696. The van der Waals surface area contributed by atoms with Gasteiger partial charge in [0.15, 0.2) is 0 Å². The standard InChI is InChI=1S/C17H15Cl2N5O/c18-15-5-4-12(7-16(15)19)10-24(11-13-3-1-2-6-20-13)17(25)23-14-8-21-22-9-14/h1-9H,10-11H2,(H,21,22)(H,23,25). The molecule has 1 aromatic carbocycles. The molecule has 0 radical (unpaired) electrons. The summed E-state index contributed by atoms with van der Waals surface area (Å²) in [4.78, 5) is 18.6. The lowest BCUT2D eigenvalue weighted by Crippen LogP contribution is -2.34. The molecule has 0 spiro atoms. The average Bonchev–Trinajstić information content (AvgIpc) is 3.11. The number of carbonyl (C=O) groups is 1. The van der Waals surface area contributed by atoms with Gasteiger partial charge >= 0.3 is 6.03 Å². The van der Waals surface area contributed by atoms with Gasteiger partial charge in [-0.3, -0.25) is 10.1 Å². The van der Waals surface area contributed by atoms with E-state index in [1.807, 2.05) is 24.3 Å². The topological polar surface area (TPSA) is 73.9 Å². The van der Waals surface area contributed by atoms with Gasteiger partial charge < -0.3 is 10.2 Å². The van der Waals surface area contributed by atoms with Gasteiger partial charge in [-0.1, -0.05) is 35.3 Å². The van der Waals surface area contributed by atoms with Crippen LogP contribution in [0.4, 0.5) is 10.5 Å². The molecule has 0 aliphatic carbocycles. The van der Waals surface area contributed by atoms with Crippen molar-refractivity contribution in [3.63, 3.8) is 0 Å². The van der Waals surface area contributed by atoms with Crippen LogP contribution in [0, 0.1) is 0 Å². The Morgan fingerprint density at radius 1 is 1.16 bits per heavy atom. The number of carbonyl (C=O) groups excluding carboxylic acids is 1. The van der Waals surface area contributed by atoms with Gasteiger partial charge in [0.1, 0.15) is 0 Å². The first-order valence-electron chi connectivity index (χ1n) is 7.50. The highest BCUT2D eigenvalue weighted by atomic mass is 35.5. The van der Waals surface area contributed by atoms with Gasteiger partial charge in [-0.25, -0.2) is 4.79 Å². The number of halogens is 2. The van der Waals surface area contributed by atoms with Gasteiger partial charge in [-0.15, -0.1) is 0 Å². The average molecular weight is 376 g/mol. The van der Waals surface area contributed by atoms with Crippen molar-refractivity contribution in [1.29, 1.82) is 0 Å². The summed E-state index contributed by atoms with van der Waals surface area (Å²) in [6, 6.07) is 10.6. The first-order valence-corrected chi connectivity index (χ1v) is 8.26. The van der Waals surface area contributed by atoms with Crippen molar-refractivity contribution in [3.05, 3.63) is 76.3 Å². The maximum atomic E-state index is 12.7. The van der Waals surface area contributed by atoms with Crippen LogP contribution in [0.3, 0.4) is 0 Å². The molecule has 0 saturated carbocycles. The van der Waals surface area contributed by atoms with Gasteiger partial charge in [0.2, 0.25) is 0 Å². The molecule has 6 nitrogen and oxygen atoms in total. The summed E-state index contributed by atoms with van der Waals surface area (Å²) >= 11 is 12.0.